The van der Waals surface area contributed by atoms with Crippen LogP contribution >= 0.6 is 15.9 Å². The average molecular weight is 333 g/mol. The highest BCUT2D eigenvalue weighted by molar-refractivity contribution is 9.12. The highest BCUT2D eigenvalue weighted by Crippen LogP contribution is 2.10. The Labute approximate surface area is 125 Å². The first-order valence-corrected chi connectivity index (χ1v) is 6.76. The van der Waals surface area contributed by atoms with Crippen LogP contribution in [0.5, 0.6) is 0 Å². The standard InChI is InChI=1S/C15H13BrN2O2/c1-11-14(7-8-20-11)15(19)18-17-10-13(16)9-12-5-3-2-4-6-12/h2-10H,1H3,(H,18,19)/b13-9-,17-10?. The fraction of sp³-hybridized carbons (Fsp3) is 0.0667. The third-order valence-corrected chi connectivity index (χ3v) is 3.00. The Bertz CT molecular complexity index is 645. The van der Waals surface area contributed by atoms with Gasteiger partial charge in [0.05, 0.1) is 18.0 Å². The van der Waals surface area contributed by atoms with E-state index in [0.29, 0.717) is 11.3 Å². The van der Waals surface area contributed by atoms with E-state index in [9.17, 15) is 4.79 Å². The van der Waals surface area contributed by atoms with Crippen LogP contribution in [0.1, 0.15) is 21.7 Å². The summed E-state index contributed by atoms with van der Waals surface area (Å²) in [5.74, 6) is 0.268. The highest BCUT2D eigenvalue weighted by atomic mass is 79.9. The topological polar surface area (TPSA) is 54.6 Å². The zero-order valence-corrected chi connectivity index (χ0v) is 12.4. The Kier molecular flexibility index (Phi) is 4.90. The van der Waals surface area contributed by atoms with Crippen LogP contribution in [0, 0.1) is 6.92 Å². The molecular formula is C15H13BrN2O2. The number of hydrogen-bond donors (Lipinski definition) is 1. The second-order valence-electron chi connectivity index (χ2n) is 4.03. The molecule has 0 aliphatic carbocycles. The SMILES string of the molecule is Cc1occc1C(=O)NN=C/C(Br)=C/c1ccccc1. The lowest BCUT2D eigenvalue weighted by Gasteiger charge is -1.97. The maximum atomic E-state index is 11.7. The third-order valence-electron chi connectivity index (χ3n) is 2.56. The van der Waals surface area contributed by atoms with Gasteiger partial charge in [-0.25, -0.2) is 5.43 Å². The number of carbonyl (C=O) groups is 1. The Morgan fingerprint density at radius 2 is 2.05 bits per heavy atom. The normalized spacial score (nSPS) is 11.8. The number of amides is 1. The van der Waals surface area contributed by atoms with E-state index in [2.05, 4.69) is 26.5 Å². The van der Waals surface area contributed by atoms with Gasteiger partial charge in [0.2, 0.25) is 0 Å². The van der Waals surface area contributed by atoms with Crippen LogP contribution in [-0.2, 0) is 0 Å². The maximum absolute atomic E-state index is 11.7. The molecule has 0 fully saturated rings. The van der Waals surface area contributed by atoms with Gasteiger partial charge in [-0.3, -0.25) is 4.79 Å². The van der Waals surface area contributed by atoms with Gasteiger partial charge in [0.25, 0.3) is 5.91 Å². The van der Waals surface area contributed by atoms with E-state index in [0.717, 1.165) is 10.0 Å². The summed E-state index contributed by atoms with van der Waals surface area (Å²) in [7, 11) is 0. The van der Waals surface area contributed by atoms with E-state index in [-0.39, 0.29) is 5.91 Å². The molecule has 0 radical (unpaired) electrons. The van der Waals surface area contributed by atoms with E-state index in [1.807, 2.05) is 36.4 Å². The van der Waals surface area contributed by atoms with Crippen LogP contribution in [-0.4, -0.2) is 12.1 Å². The summed E-state index contributed by atoms with van der Waals surface area (Å²) in [6.07, 6.45) is 4.90. The summed E-state index contributed by atoms with van der Waals surface area (Å²) < 4.78 is 5.82. The van der Waals surface area contributed by atoms with E-state index in [1.54, 1.807) is 13.0 Å². The molecule has 2 rings (SSSR count). The molecule has 4 nitrogen and oxygen atoms in total. The van der Waals surface area contributed by atoms with Gasteiger partial charge < -0.3 is 4.42 Å². The fourth-order valence-electron chi connectivity index (χ4n) is 1.58. The van der Waals surface area contributed by atoms with Crippen molar-refractivity contribution in [3.8, 4) is 0 Å². The van der Waals surface area contributed by atoms with Crippen molar-refractivity contribution in [2.24, 2.45) is 5.10 Å². The molecule has 0 atom stereocenters. The van der Waals surface area contributed by atoms with E-state index in [4.69, 9.17) is 4.42 Å². The lowest BCUT2D eigenvalue weighted by atomic mass is 10.2. The molecule has 1 amide bonds. The molecule has 5 heteroatoms. The molecular weight excluding hydrogens is 320 g/mol. The first-order valence-electron chi connectivity index (χ1n) is 5.96. The summed E-state index contributed by atoms with van der Waals surface area (Å²) in [5, 5.41) is 3.88. The number of rotatable bonds is 4. The second kappa shape index (κ2) is 6.86. The van der Waals surface area contributed by atoms with Gasteiger partial charge in [-0.05, 0) is 40.6 Å². The number of benzene rings is 1. The number of hydrogen-bond acceptors (Lipinski definition) is 3. The first-order chi connectivity index (χ1) is 9.66. The van der Waals surface area contributed by atoms with Gasteiger partial charge in [-0.15, -0.1) is 0 Å². The van der Waals surface area contributed by atoms with Gasteiger partial charge in [-0.2, -0.15) is 5.10 Å². The Morgan fingerprint density at radius 1 is 1.30 bits per heavy atom. The van der Waals surface area contributed by atoms with Crippen LogP contribution in [0.4, 0.5) is 0 Å². The summed E-state index contributed by atoms with van der Waals surface area (Å²) in [6.45, 7) is 1.73. The van der Waals surface area contributed by atoms with Crippen LogP contribution in [0.15, 0.2) is 56.7 Å². The number of furan rings is 1. The molecule has 0 unspecified atom stereocenters. The van der Waals surface area contributed by atoms with Crippen molar-refractivity contribution in [1.29, 1.82) is 0 Å². The quantitative estimate of drug-likeness (QED) is 0.684. The van der Waals surface area contributed by atoms with Gasteiger partial charge in [0, 0.05) is 4.48 Å². The van der Waals surface area contributed by atoms with Crippen molar-refractivity contribution >= 4 is 34.1 Å². The highest BCUT2D eigenvalue weighted by Gasteiger charge is 2.09. The van der Waals surface area contributed by atoms with Crippen molar-refractivity contribution < 1.29 is 9.21 Å². The minimum atomic E-state index is -0.299. The molecule has 0 bridgehead atoms. The monoisotopic (exact) mass is 332 g/mol. The zero-order chi connectivity index (χ0) is 14.4. The maximum Gasteiger partial charge on any atom is 0.274 e. The summed E-state index contributed by atoms with van der Waals surface area (Å²) in [6, 6.07) is 11.4. The summed E-state index contributed by atoms with van der Waals surface area (Å²) in [5.41, 5.74) is 3.96. The average Bonchev–Trinajstić information content (AvgIpc) is 2.86. The van der Waals surface area contributed by atoms with Gasteiger partial charge in [-0.1, -0.05) is 30.3 Å². The van der Waals surface area contributed by atoms with Gasteiger partial charge in [0.1, 0.15) is 5.76 Å². The van der Waals surface area contributed by atoms with Crippen molar-refractivity contribution in [3.63, 3.8) is 0 Å². The molecule has 1 aromatic carbocycles. The molecule has 20 heavy (non-hydrogen) atoms. The Hall–Kier alpha value is -2.14. The second-order valence-corrected chi connectivity index (χ2v) is 4.95. The fourth-order valence-corrected chi connectivity index (χ4v) is 1.95. The summed E-state index contributed by atoms with van der Waals surface area (Å²) >= 11 is 3.37. The van der Waals surface area contributed by atoms with Crippen LogP contribution in [0.25, 0.3) is 6.08 Å². The largest absolute Gasteiger partial charge is 0.469 e. The van der Waals surface area contributed by atoms with Crippen LogP contribution in [0.2, 0.25) is 0 Å². The lowest BCUT2D eigenvalue weighted by Crippen LogP contribution is -2.17. The number of halogens is 1. The molecule has 102 valence electrons. The first kappa shape index (κ1) is 14.3. The molecule has 1 N–H and O–H groups in total. The predicted molar refractivity (Wildman–Crippen MR) is 82.7 cm³/mol. The van der Waals surface area contributed by atoms with Gasteiger partial charge in [0.15, 0.2) is 0 Å². The third kappa shape index (κ3) is 3.93. The molecule has 1 aromatic heterocycles. The number of hydrazone groups is 1. The van der Waals surface area contributed by atoms with E-state index in [1.165, 1.54) is 12.5 Å². The van der Waals surface area contributed by atoms with E-state index < -0.39 is 0 Å². The number of aryl methyl sites for hydroxylation is 1. The Morgan fingerprint density at radius 3 is 2.70 bits per heavy atom. The van der Waals surface area contributed by atoms with Crippen molar-refractivity contribution in [3.05, 3.63) is 64.0 Å². The van der Waals surface area contributed by atoms with Crippen molar-refractivity contribution in [1.82, 2.24) is 5.43 Å². The molecule has 2 aromatic rings. The number of nitrogens with one attached hydrogen (secondary N) is 1. The summed E-state index contributed by atoms with van der Waals surface area (Å²) in [4.78, 5) is 11.7. The van der Waals surface area contributed by atoms with Crippen LogP contribution < -0.4 is 5.43 Å². The van der Waals surface area contributed by atoms with Gasteiger partial charge >= 0.3 is 0 Å². The molecule has 1 heterocycles. The minimum absolute atomic E-state index is 0.299. The smallest absolute Gasteiger partial charge is 0.274 e. The number of allylic oxidation sites excluding steroid dienone is 1. The lowest BCUT2D eigenvalue weighted by molar-refractivity contribution is 0.0953. The Balaban J connectivity index is 1.95. The van der Waals surface area contributed by atoms with E-state index >= 15 is 0 Å². The molecule has 0 saturated carbocycles. The van der Waals surface area contributed by atoms with Crippen LogP contribution in [0.3, 0.4) is 0 Å². The number of carbonyl (C=O) groups excluding carboxylic acids is 1. The molecule has 0 aliphatic heterocycles. The van der Waals surface area contributed by atoms with Crippen molar-refractivity contribution in [2.75, 3.05) is 0 Å². The zero-order valence-electron chi connectivity index (χ0n) is 10.8. The number of nitrogens with zero attached hydrogens (tertiary/aromatic N) is 1. The predicted octanol–water partition coefficient (Wildman–Crippen LogP) is 3.74. The van der Waals surface area contributed by atoms with Crippen molar-refractivity contribution in [2.45, 2.75) is 6.92 Å². The minimum Gasteiger partial charge on any atom is -0.469 e. The molecule has 0 aliphatic rings. The molecule has 0 saturated heterocycles. The molecule has 0 spiro atoms.